The molecule has 0 unspecified atom stereocenters. The molecule has 1 heterocycles. The van der Waals surface area contributed by atoms with Crippen LogP contribution in [0, 0.1) is 0 Å². The van der Waals surface area contributed by atoms with Gasteiger partial charge in [0, 0.05) is 5.02 Å². The zero-order valence-electron chi connectivity index (χ0n) is 15.4. The molecule has 7 nitrogen and oxygen atoms in total. The molecule has 0 atom stereocenters. The van der Waals surface area contributed by atoms with E-state index >= 15 is 0 Å². The number of hydrogen-bond acceptors (Lipinski definition) is 4. The third-order valence-corrected chi connectivity index (χ3v) is 4.54. The number of primary amides is 1. The first kappa shape index (κ1) is 20.6. The lowest BCUT2D eigenvalue weighted by atomic mass is 10.1. The number of H-pyrrole nitrogens is 1. The highest BCUT2D eigenvalue weighted by Crippen LogP contribution is 2.36. The van der Waals surface area contributed by atoms with E-state index in [1.54, 1.807) is 42.5 Å². The first-order chi connectivity index (χ1) is 13.8. The van der Waals surface area contributed by atoms with Crippen LogP contribution in [-0.2, 0) is 4.79 Å². The number of methoxy groups -OCH3 is 1. The lowest BCUT2D eigenvalue weighted by Crippen LogP contribution is -2.33. The van der Waals surface area contributed by atoms with Gasteiger partial charge in [-0.3, -0.25) is 14.7 Å². The van der Waals surface area contributed by atoms with Crippen molar-refractivity contribution in [3.05, 3.63) is 72.9 Å². The topological polar surface area (TPSA) is 99.3 Å². The molecule has 0 aliphatic carbocycles. The summed E-state index contributed by atoms with van der Waals surface area (Å²) in [5.74, 6) is -0.160. The smallest absolute Gasteiger partial charge is 0.279 e. The van der Waals surface area contributed by atoms with Crippen molar-refractivity contribution < 1.29 is 14.3 Å². The second-order valence-electron chi connectivity index (χ2n) is 6.05. The zero-order valence-corrected chi connectivity index (χ0v) is 16.9. The summed E-state index contributed by atoms with van der Waals surface area (Å²) in [6.45, 7) is 3.56. The molecule has 3 aromatic rings. The number of ether oxygens (including phenoxy) is 2. The van der Waals surface area contributed by atoms with Crippen molar-refractivity contribution >= 4 is 41.8 Å². The summed E-state index contributed by atoms with van der Waals surface area (Å²) in [5, 5.41) is 4.48. The maximum Gasteiger partial charge on any atom is 0.279 e. The summed E-state index contributed by atoms with van der Waals surface area (Å²) in [6, 6.07) is 10.0. The minimum absolute atomic E-state index is 0.188. The Balaban J connectivity index is 2.08. The van der Waals surface area contributed by atoms with Crippen LogP contribution in [0.5, 0.6) is 11.5 Å². The second kappa shape index (κ2) is 8.46. The number of carbonyl (C=O) groups excluding carboxylic acids is 1. The molecule has 1 amide bonds. The number of carbonyl (C=O) groups is 1. The molecular formula is C20H17Cl2N3O4. The molecule has 0 saturated heterocycles. The minimum atomic E-state index is -0.643. The summed E-state index contributed by atoms with van der Waals surface area (Å²) in [6.07, 6.45) is 1.62. The highest BCUT2D eigenvalue weighted by molar-refractivity contribution is 6.32. The van der Waals surface area contributed by atoms with E-state index in [0.717, 1.165) is 0 Å². The monoisotopic (exact) mass is 433 g/mol. The number of hydrogen-bond donors (Lipinski definition) is 2. The van der Waals surface area contributed by atoms with Crippen molar-refractivity contribution in [2.75, 3.05) is 13.7 Å². The van der Waals surface area contributed by atoms with Gasteiger partial charge in [-0.05, 0) is 48.0 Å². The van der Waals surface area contributed by atoms with E-state index in [0.29, 0.717) is 32.6 Å². The molecular weight excluding hydrogens is 417 g/mol. The lowest BCUT2D eigenvalue weighted by Gasteiger charge is -2.12. The molecule has 9 heteroatoms. The Hall–Kier alpha value is -3.16. The van der Waals surface area contributed by atoms with Gasteiger partial charge in [-0.1, -0.05) is 29.8 Å². The predicted octanol–water partition coefficient (Wildman–Crippen LogP) is 1.58. The molecule has 0 fully saturated rings. The standard InChI is InChI=1S/C20H17Cl2N3O4/c1-11-15(20(27)25(24-11)14-5-3-13(21)4-6-14)7-12-8-16(22)19(17(9-12)28-2)29-10-18(23)26/h3-9,24H,1,10H2,2H3,(H2,23,26)/b15-7+. The van der Waals surface area contributed by atoms with Gasteiger partial charge in [0.2, 0.25) is 0 Å². The number of halogens is 2. The molecule has 29 heavy (non-hydrogen) atoms. The van der Waals surface area contributed by atoms with Gasteiger partial charge in [0.15, 0.2) is 18.1 Å². The van der Waals surface area contributed by atoms with Crippen molar-refractivity contribution in [3.63, 3.8) is 0 Å². The van der Waals surface area contributed by atoms with Crippen molar-refractivity contribution in [1.29, 1.82) is 0 Å². The van der Waals surface area contributed by atoms with E-state index < -0.39 is 5.91 Å². The Labute approximate surface area is 175 Å². The number of nitrogens with two attached hydrogens (primary N) is 1. The van der Waals surface area contributed by atoms with Crippen LogP contribution in [0.4, 0.5) is 0 Å². The predicted molar refractivity (Wildman–Crippen MR) is 112 cm³/mol. The van der Waals surface area contributed by atoms with E-state index in [1.807, 2.05) is 0 Å². The van der Waals surface area contributed by atoms with Gasteiger partial charge in [-0.25, -0.2) is 4.68 Å². The number of nitrogens with one attached hydrogen (secondary N) is 1. The molecule has 3 rings (SSSR count). The van der Waals surface area contributed by atoms with Crippen molar-refractivity contribution in [2.45, 2.75) is 0 Å². The minimum Gasteiger partial charge on any atom is -0.493 e. The van der Waals surface area contributed by atoms with Crippen LogP contribution in [0.25, 0.3) is 18.3 Å². The molecule has 2 aromatic carbocycles. The summed E-state index contributed by atoms with van der Waals surface area (Å²) in [4.78, 5) is 23.8. The maximum absolute atomic E-state index is 12.9. The van der Waals surface area contributed by atoms with Crippen LogP contribution in [0.2, 0.25) is 10.0 Å². The Kier molecular flexibility index (Phi) is 6.00. The second-order valence-corrected chi connectivity index (χ2v) is 6.90. The fourth-order valence-corrected chi connectivity index (χ4v) is 3.09. The van der Waals surface area contributed by atoms with Gasteiger partial charge in [-0.2, -0.15) is 0 Å². The molecule has 150 valence electrons. The number of rotatable bonds is 6. The Morgan fingerprint density at radius 2 is 1.97 bits per heavy atom. The number of benzene rings is 2. The summed E-state index contributed by atoms with van der Waals surface area (Å²) < 4.78 is 12.0. The molecule has 0 bridgehead atoms. The molecule has 0 aliphatic heterocycles. The summed E-state index contributed by atoms with van der Waals surface area (Å²) >= 11 is 12.2. The van der Waals surface area contributed by atoms with Crippen LogP contribution >= 0.6 is 23.2 Å². The molecule has 1 aromatic heterocycles. The Bertz CT molecular complexity index is 1230. The molecule has 0 spiro atoms. The number of amides is 1. The third-order valence-electron chi connectivity index (χ3n) is 4.01. The highest BCUT2D eigenvalue weighted by atomic mass is 35.5. The number of nitrogens with zero attached hydrogens (tertiary/aromatic N) is 1. The molecule has 0 radical (unpaired) electrons. The van der Waals surface area contributed by atoms with Crippen LogP contribution in [0.3, 0.4) is 0 Å². The van der Waals surface area contributed by atoms with Gasteiger partial charge in [0.1, 0.15) is 0 Å². The van der Waals surface area contributed by atoms with E-state index in [1.165, 1.54) is 11.8 Å². The van der Waals surface area contributed by atoms with E-state index in [-0.39, 0.29) is 22.9 Å². The Morgan fingerprint density at radius 3 is 2.59 bits per heavy atom. The fraction of sp³-hybridized carbons (Fsp3) is 0.100. The van der Waals surface area contributed by atoms with E-state index in [9.17, 15) is 9.59 Å². The normalized spacial score (nSPS) is 11.5. The maximum atomic E-state index is 12.9. The van der Waals surface area contributed by atoms with Gasteiger partial charge >= 0.3 is 0 Å². The van der Waals surface area contributed by atoms with Gasteiger partial charge in [0.25, 0.3) is 11.5 Å². The van der Waals surface area contributed by atoms with Crippen LogP contribution in [-0.4, -0.2) is 29.4 Å². The van der Waals surface area contributed by atoms with Crippen LogP contribution < -0.4 is 31.3 Å². The van der Waals surface area contributed by atoms with Crippen molar-refractivity contribution in [3.8, 4) is 17.2 Å². The van der Waals surface area contributed by atoms with Crippen molar-refractivity contribution in [2.24, 2.45) is 5.73 Å². The van der Waals surface area contributed by atoms with E-state index in [2.05, 4.69) is 11.7 Å². The first-order valence-corrected chi connectivity index (χ1v) is 9.12. The molecule has 3 N–H and O–H groups in total. The molecule has 0 aliphatic rings. The average molecular weight is 434 g/mol. The summed E-state index contributed by atoms with van der Waals surface area (Å²) in [5.41, 5.74) is 6.01. The largest absolute Gasteiger partial charge is 0.493 e. The van der Waals surface area contributed by atoms with Crippen molar-refractivity contribution in [1.82, 2.24) is 9.78 Å². The van der Waals surface area contributed by atoms with Crippen LogP contribution in [0.1, 0.15) is 5.56 Å². The summed E-state index contributed by atoms with van der Waals surface area (Å²) in [7, 11) is 1.43. The molecule has 0 saturated carbocycles. The Morgan fingerprint density at radius 1 is 1.28 bits per heavy atom. The zero-order chi connectivity index (χ0) is 21.1. The quantitative estimate of drug-likeness (QED) is 0.616. The first-order valence-electron chi connectivity index (χ1n) is 8.36. The average Bonchev–Trinajstić information content (AvgIpc) is 2.95. The third kappa shape index (κ3) is 4.47. The number of aromatic amines is 1. The van der Waals surface area contributed by atoms with E-state index in [4.69, 9.17) is 38.4 Å². The fourth-order valence-electron chi connectivity index (χ4n) is 2.69. The van der Waals surface area contributed by atoms with Crippen LogP contribution in [0.15, 0.2) is 41.2 Å². The van der Waals surface area contributed by atoms with Gasteiger partial charge in [0.05, 0.1) is 28.4 Å². The SMILES string of the molecule is C=c1[nH]n(-c2ccc(Cl)cc2)c(=O)/c1=C/c1cc(Cl)c(OCC(N)=O)c(OC)c1. The highest BCUT2D eigenvalue weighted by Gasteiger charge is 2.13. The lowest BCUT2D eigenvalue weighted by molar-refractivity contribution is -0.119. The van der Waals surface area contributed by atoms with Gasteiger partial charge in [-0.15, -0.1) is 0 Å². The van der Waals surface area contributed by atoms with Gasteiger partial charge < -0.3 is 15.2 Å². The number of aromatic nitrogens is 2.